The lowest BCUT2D eigenvalue weighted by Crippen LogP contribution is -2.01. The van der Waals surface area contributed by atoms with E-state index in [1.54, 1.807) is 23.5 Å². The van der Waals surface area contributed by atoms with Crippen molar-refractivity contribution in [2.24, 2.45) is 0 Å². The highest BCUT2D eigenvalue weighted by Crippen LogP contribution is 2.10. The van der Waals surface area contributed by atoms with E-state index in [0.29, 0.717) is 6.54 Å². The Kier molecular flexibility index (Phi) is 2.75. The number of hydrogen-bond acceptors (Lipinski definition) is 5. The molecule has 0 spiro atoms. The molecular formula is C12H11N5O. The van der Waals surface area contributed by atoms with E-state index in [9.17, 15) is 0 Å². The molecule has 0 fully saturated rings. The van der Waals surface area contributed by atoms with E-state index < -0.39 is 0 Å². The van der Waals surface area contributed by atoms with E-state index in [1.807, 2.05) is 24.3 Å². The fraction of sp³-hybridized carbons (Fsp3) is 0.0833. The van der Waals surface area contributed by atoms with Crippen LogP contribution in [0.4, 0.5) is 5.69 Å². The fourth-order valence-corrected chi connectivity index (χ4v) is 1.56. The molecule has 18 heavy (non-hydrogen) atoms. The van der Waals surface area contributed by atoms with Crippen molar-refractivity contribution in [1.29, 1.82) is 0 Å². The molecule has 6 heteroatoms. The van der Waals surface area contributed by atoms with Gasteiger partial charge in [0.2, 0.25) is 0 Å². The van der Waals surface area contributed by atoms with Crippen LogP contribution in [0.5, 0.6) is 0 Å². The maximum Gasteiger partial charge on any atom is 0.155 e. The standard InChI is InChI=1S/C12H11N5O/c1-2-11(18-5-1)7-14-10-3-4-12(15-6-10)17-9-13-8-16-17/h1-6,8-9,14H,7H2. The number of aromatic nitrogens is 4. The molecule has 0 aliphatic rings. The second-order valence-corrected chi connectivity index (χ2v) is 3.68. The van der Waals surface area contributed by atoms with Gasteiger partial charge < -0.3 is 9.73 Å². The van der Waals surface area contributed by atoms with Gasteiger partial charge in [0.05, 0.1) is 24.7 Å². The molecule has 0 amide bonds. The van der Waals surface area contributed by atoms with Crippen LogP contribution in [0.2, 0.25) is 0 Å². The molecule has 6 nitrogen and oxygen atoms in total. The zero-order valence-electron chi connectivity index (χ0n) is 9.52. The van der Waals surface area contributed by atoms with Crippen molar-refractivity contribution in [1.82, 2.24) is 19.7 Å². The third-order valence-electron chi connectivity index (χ3n) is 2.45. The SMILES string of the molecule is c1coc(CNc2ccc(-n3cncn3)nc2)c1. The monoisotopic (exact) mass is 241 g/mol. The molecule has 1 N–H and O–H groups in total. The number of pyridine rings is 1. The summed E-state index contributed by atoms with van der Waals surface area (Å²) in [6.07, 6.45) is 6.49. The fourth-order valence-electron chi connectivity index (χ4n) is 1.56. The van der Waals surface area contributed by atoms with Crippen LogP contribution in [-0.4, -0.2) is 19.7 Å². The van der Waals surface area contributed by atoms with Gasteiger partial charge in [0.25, 0.3) is 0 Å². The maximum absolute atomic E-state index is 5.23. The van der Waals surface area contributed by atoms with Crippen LogP contribution in [0, 0.1) is 0 Å². The Bertz CT molecular complexity index is 586. The molecule has 0 bridgehead atoms. The van der Waals surface area contributed by atoms with Gasteiger partial charge in [-0.05, 0) is 24.3 Å². The summed E-state index contributed by atoms with van der Waals surface area (Å²) in [4.78, 5) is 8.16. The van der Waals surface area contributed by atoms with Gasteiger partial charge in [0, 0.05) is 0 Å². The largest absolute Gasteiger partial charge is 0.467 e. The number of hydrogen-bond donors (Lipinski definition) is 1. The van der Waals surface area contributed by atoms with E-state index in [4.69, 9.17) is 4.42 Å². The Balaban J connectivity index is 1.68. The number of nitrogens with zero attached hydrogens (tertiary/aromatic N) is 4. The smallest absolute Gasteiger partial charge is 0.155 e. The Morgan fingerprint density at radius 2 is 2.28 bits per heavy atom. The van der Waals surface area contributed by atoms with E-state index in [1.165, 1.54) is 6.33 Å². The number of rotatable bonds is 4. The summed E-state index contributed by atoms with van der Waals surface area (Å²) in [6, 6.07) is 7.60. The van der Waals surface area contributed by atoms with Crippen molar-refractivity contribution in [3.8, 4) is 5.82 Å². The second-order valence-electron chi connectivity index (χ2n) is 3.68. The summed E-state index contributed by atoms with van der Waals surface area (Å²) in [5.74, 6) is 1.62. The number of furan rings is 1. The molecule has 3 aromatic heterocycles. The molecule has 0 aliphatic heterocycles. The third kappa shape index (κ3) is 2.22. The molecule has 0 saturated carbocycles. The summed E-state index contributed by atoms with van der Waals surface area (Å²) in [7, 11) is 0. The molecule has 0 atom stereocenters. The molecule has 0 aromatic carbocycles. The highest BCUT2D eigenvalue weighted by Gasteiger charge is 1.99. The van der Waals surface area contributed by atoms with Gasteiger partial charge in [0.1, 0.15) is 18.4 Å². The van der Waals surface area contributed by atoms with E-state index >= 15 is 0 Å². The van der Waals surface area contributed by atoms with Crippen LogP contribution >= 0.6 is 0 Å². The molecule has 3 heterocycles. The summed E-state index contributed by atoms with van der Waals surface area (Å²) in [6.45, 7) is 0.636. The molecular weight excluding hydrogens is 230 g/mol. The predicted molar refractivity (Wildman–Crippen MR) is 65.2 cm³/mol. The Morgan fingerprint density at radius 3 is 2.94 bits per heavy atom. The molecule has 0 saturated heterocycles. The normalized spacial score (nSPS) is 10.4. The average molecular weight is 241 g/mol. The van der Waals surface area contributed by atoms with Crippen LogP contribution < -0.4 is 5.32 Å². The minimum atomic E-state index is 0.636. The lowest BCUT2D eigenvalue weighted by atomic mass is 10.3. The van der Waals surface area contributed by atoms with E-state index in [-0.39, 0.29) is 0 Å². The molecule has 90 valence electrons. The Labute approximate surface area is 103 Å². The molecule has 0 unspecified atom stereocenters. The first-order chi connectivity index (χ1) is 8.92. The zero-order chi connectivity index (χ0) is 12.2. The summed E-state index contributed by atoms with van der Waals surface area (Å²) in [5.41, 5.74) is 0.926. The van der Waals surface area contributed by atoms with Crippen molar-refractivity contribution in [3.63, 3.8) is 0 Å². The predicted octanol–water partition coefficient (Wildman–Crippen LogP) is 1.87. The minimum absolute atomic E-state index is 0.636. The number of nitrogens with one attached hydrogen (secondary N) is 1. The maximum atomic E-state index is 5.23. The lowest BCUT2D eigenvalue weighted by Gasteiger charge is -2.05. The van der Waals surface area contributed by atoms with E-state index in [0.717, 1.165) is 17.3 Å². The van der Waals surface area contributed by atoms with Gasteiger partial charge in [0.15, 0.2) is 5.82 Å². The Hall–Kier alpha value is -2.63. The van der Waals surface area contributed by atoms with Gasteiger partial charge in [-0.3, -0.25) is 0 Å². The van der Waals surface area contributed by atoms with Crippen molar-refractivity contribution in [2.75, 3.05) is 5.32 Å². The lowest BCUT2D eigenvalue weighted by molar-refractivity contribution is 0.518. The topological polar surface area (TPSA) is 68.8 Å². The van der Waals surface area contributed by atoms with Gasteiger partial charge in [-0.1, -0.05) is 0 Å². The van der Waals surface area contributed by atoms with Crippen molar-refractivity contribution in [2.45, 2.75) is 6.54 Å². The van der Waals surface area contributed by atoms with Crippen LogP contribution in [0.1, 0.15) is 5.76 Å². The first-order valence-electron chi connectivity index (χ1n) is 5.49. The quantitative estimate of drug-likeness (QED) is 0.755. The average Bonchev–Trinajstić information content (AvgIpc) is 3.10. The van der Waals surface area contributed by atoms with E-state index in [2.05, 4.69) is 20.4 Å². The highest BCUT2D eigenvalue weighted by molar-refractivity contribution is 5.43. The van der Waals surface area contributed by atoms with Crippen LogP contribution in [-0.2, 0) is 6.54 Å². The molecule has 0 radical (unpaired) electrons. The first-order valence-corrected chi connectivity index (χ1v) is 5.49. The van der Waals surface area contributed by atoms with Gasteiger partial charge in [-0.2, -0.15) is 5.10 Å². The second kappa shape index (κ2) is 4.70. The summed E-state index contributed by atoms with van der Waals surface area (Å²) < 4.78 is 6.84. The van der Waals surface area contributed by atoms with Gasteiger partial charge in [-0.15, -0.1) is 0 Å². The zero-order valence-corrected chi connectivity index (χ0v) is 9.52. The molecule has 0 aliphatic carbocycles. The van der Waals surface area contributed by atoms with Crippen LogP contribution in [0.3, 0.4) is 0 Å². The van der Waals surface area contributed by atoms with Crippen LogP contribution in [0.25, 0.3) is 5.82 Å². The summed E-state index contributed by atoms with van der Waals surface area (Å²) in [5, 5.41) is 7.23. The third-order valence-corrected chi connectivity index (χ3v) is 2.45. The van der Waals surface area contributed by atoms with Gasteiger partial charge in [-0.25, -0.2) is 14.6 Å². The van der Waals surface area contributed by atoms with Crippen LogP contribution in [0.15, 0.2) is 53.8 Å². The van der Waals surface area contributed by atoms with Crippen molar-refractivity contribution >= 4 is 5.69 Å². The summed E-state index contributed by atoms with van der Waals surface area (Å²) >= 11 is 0. The minimum Gasteiger partial charge on any atom is -0.467 e. The number of anilines is 1. The molecule has 3 aromatic rings. The Morgan fingerprint density at radius 1 is 1.28 bits per heavy atom. The van der Waals surface area contributed by atoms with Crippen molar-refractivity contribution in [3.05, 3.63) is 55.1 Å². The van der Waals surface area contributed by atoms with Crippen molar-refractivity contribution < 1.29 is 4.42 Å². The highest BCUT2D eigenvalue weighted by atomic mass is 16.3. The van der Waals surface area contributed by atoms with Gasteiger partial charge >= 0.3 is 0 Å². The first kappa shape index (κ1) is 10.5. The molecule has 3 rings (SSSR count).